The highest BCUT2D eigenvalue weighted by atomic mass is 19.1. The predicted molar refractivity (Wildman–Crippen MR) is 600 cm³/mol. The molecule has 0 aliphatic carbocycles. The molecule has 7 fully saturated rings. The van der Waals surface area contributed by atoms with Crippen LogP contribution in [0, 0.1) is 67.0 Å². The largest absolute Gasteiger partial charge is 0.508 e. The Hall–Kier alpha value is -9.22. The monoisotopic (exact) mass is 1980 g/mol. The van der Waals surface area contributed by atoms with E-state index >= 15 is 0 Å². The summed E-state index contributed by atoms with van der Waals surface area (Å²) in [5.74, 6) is 0.970. The van der Waals surface area contributed by atoms with Crippen molar-refractivity contribution in [1.82, 2.24) is 91.8 Å². The lowest BCUT2D eigenvalue weighted by Gasteiger charge is -2.34. The van der Waals surface area contributed by atoms with Crippen molar-refractivity contribution in [3.8, 4) is 11.5 Å². The van der Waals surface area contributed by atoms with Gasteiger partial charge in [0, 0.05) is 328 Å². The number of methoxy groups -OCH3 is 1. The highest BCUT2D eigenvalue weighted by molar-refractivity contribution is 5.88. The van der Waals surface area contributed by atoms with E-state index < -0.39 is 0 Å². The Balaban J connectivity index is 0.000000139. The third-order valence-corrected chi connectivity index (χ3v) is 33.4. The third kappa shape index (κ3) is 30.6. The van der Waals surface area contributed by atoms with E-state index in [1.807, 2.05) is 36.4 Å². The number of aromatic nitrogens is 4. The topological polar surface area (TPSA) is 97.8 Å². The van der Waals surface area contributed by atoms with Crippen LogP contribution >= 0.6 is 0 Å². The molecular weight excluding hydrogens is 1800 g/mol. The molecule has 7 saturated heterocycles. The average molecular weight is 1980 g/mol. The minimum absolute atomic E-state index is 0.154. The first-order chi connectivity index (χ1) is 70.3. The minimum Gasteiger partial charge on any atom is -0.508 e. The van der Waals surface area contributed by atoms with Gasteiger partial charge in [-0.05, 0) is 332 Å². The van der Waals surface area contributed by atoms with Crippen LogP contribution in [0.25, 0.3) is 43.6 Å². The van der Waals surface area contributed by atoms with E-state index in [-0.39, 0.29) is 11.6 Å². The molecule has 12 aromatic rings. The van der Waals surface area contributed by atoms with Crippen LogP contribution in [-0.2, 0) is 78.0 Å². The van der Waals surface area contributed by atoms with Crippen LogP contribution in [-0.4, -0.2) is 375 Å². The van der Waals surface area contributed by atoms with E-state index in [1.54, 1.807) is 43.5 Å². The number of phenolic OH excluding ortho intramolecular Hbond substituents is 1. The summed E-state index contributed by atoms with van der Waals surface area (Å²) in [6, 6.07) is 58.6. The van der Waals surface area contributed by atoms with E-state index in [2.05, 4.69) is 279 Å². The lowest BCUT2D eigenvalue weighted by molar-refractivity contribution is 0.128. The number of hydrogen-bond acceptors (Lipinski definition) is 17. The Kier molecular flexibility index (Phi) is 39.9. The smallest absolute Gasteiger partial charge is 0.123 e. The number of halogens is 2. The fourth-order valence-electron chi connectivity index (χ4n) is 23.1. The van der Waals surface area contributed by atoms with Crippen molar-refractivity contribution in [1.29, 1.82) is 0 Å². The highest BCUT2D eigenvalue weighted by Gasteiger charge is 2.27. The fourth-order valence-corrected chi connectivity index (χ4v) is 23.1. The van der Waals surface area contributed by atoms with Crippen LogP contribution in [0.5, 0.6) is 11.5 Å². The van der Waals surface area contributed by atoms with Crippen molar-refractivity contribution < 1.29 is 18.6 Å². The molecule has 19 rings (SSSR count). The fraction of sp³-hybridized carbons (Fsp3) is 0.541. The standard InChI is InChI=1S/C32H47N5O.C31H44FN5.C31H45N5O.C28H39FN4/c1-26-27(2)37(14-5-13-34-18-16-33(3)17-19-34)32-11-8-29(24-31(26)32)25-36-22-20-35(21-23-36)15-12-28-6-9-30(38-4)10-7-28;1-25-26(2)37(13-4-12-34-17-15-33(3)16-18-34)31-10-7-28(23-30(25)31)24-36-21-19-35(20-22-36)14-11-27-5-8-29(32)9-6-27;1-25-26(2)36(13-4-12-33-17-15-32(3)16-18-33)31-10-7-28(23-30(25)31)24-35-21-19-34(20-22-35)14-11-27-5-8-29(37)9-6-27;1-22-23(2)33(14-5-13-30(3)4)28-11-8-25(20-27(22)28)21-32-18-16-31(17-19-32)15-12-24-6-9-26(29)10-7-24/h6-11,24H,5,12-23,25H2,1-4H3;5-10,23H,4,11-22,24H2,1-3H3;5-10,23,37H,4,11-22,24H2,1-3H3;6-11,20H,5,12-19,21H2,1-4H3. The number of likely N-dealkylation sites (N-methyl/N-ethyl adjacent to an activating group) is 3. The first kappa shape index (κ1) is 108. The number of rotatable bonds is 37. The molecule has 0 spiro atoms. The second kappa shape index (κ2) is 53.3. The molecule has 0 saturated carbocycles. The van der Waals surface area contributed by atoms with Gasteiger partial charge in [0.25, 0.3) is 0 Å². The molecule has 23 heteroatoms. The number of ether oxygens (including phenoxy) is 1. The Morgan fingerprint density at radius 2 is 0.469 bits per heavy atom. The van der Waals surface area contributed by atoms with Crippen molar-refractivity contribution in [3.63, 3.8) is 0 Å². The predicted octanol–water partition coefficient (Wildman–Crippen LogP) is 17.3. The Morgan fingerprint density at radius 1 is 0.255 bits per heavy atom. The van der Waals surface area contributed by atoms with Gasteiger partial charge in [-0.15, -0.1) is 0 Å². The SMILES string of the molecule is COc1ccc(CCN2CCN(Cc3ccc4c(c3)c(C)c(C)n4CCCN3CCN(C)CC3)CC2)cc1.Cc1c(C)n(CCCN(C)C)c2ccc(CN3CCN(CCc4ccc(F)cc4)CC3)cc12.Cc1c(C)n(CCCN2CCN(C)CC2)c2ccc(CN3CCN(CCc4ccc(F)cc4)CC3)cc12.Cc1c(C)n(CCCN2CCN(C)CC2)c2ccc(CN3CCN(CCc4ccc(O)cc4)CC3)cc12. The van der Waals surface area contributed by atoms with Gasteiger partial charge in [0.15, 0.2) is 0 Å². The van der Waals surface area contributed by atoms with Crippen LogP contribution < -0.4 is 4.74 Å². The zero-order chi connectivity index (χ0) is 101. The van der Waals surface area contributed by atoms with Crippen LogP contribution in [0.4, 0.5) is 8.78 Å². The third-order valence-electron chi connectivity index (χ3n) is 33.4. The van der Waals surface area contributed by atoms with Crippen molar-refractivity contribution in [3.05, 3.63) is 271 Å². The molecule has 21 nitrogen and oxygen atoms in total. The molecule has 0 radical (unpaired) electrons. The molecule has 784 valence electrons. The van der Waals surface area contributed by atoms with Crippen molar-refractivity contribution in [2.45, 2.75) is 159 Å². The van der Waals surface area contributed by atoms with Gasteiger partial charge in [-0.25, -0.2) is 8.78 Å². The molecule has 7 aliphatic rings. The maximum Gasteiger partial charge on any atom is 0.123 e. The Bertz CT molecular complexity index is 5800. The quantitative estimate of drug-likeness (QED) is 0.0400. The lowest BCUT2D eigenvalue weighted by Crippen LogP contribution is -2.46. The number of phenols is 1. The zero-order valence-electron chi connectivity index (χ0n) is 91.0. The molecule has 0 bridgehead atoms. The molecule has 8 aromatic carbocycles. The van der Waals surface area contributed by atoms with Crippen molar-refractivity contribution in [2.24, 2.45) is 0 Å². The van der Waals surface area contributed by atoms with E-state index in [9.17, 15) is 13.9 Å². The number of hydrogen-bond donors (Lipinski definition) is 1. The maximum absolute atomic E-state index is 13.1. The second-order valence-corrected chi connectivity index (χ2v) is 43.7. The Morgan fingerprint density at radius 3 is 0.717 bits per heavy atom. The molecule has 0 atom stereocenters. The molecule has 0 unspecified atom stereocenters. The van der Waals surface area contributed by atoms with E-state index in [0.29, 0.717) is 5.75 Å². The summed E-state index contributed by atoms with van der Waals surface area (Å²) < 4.78 is 41.7. The highest BCUT2D eigenvalue weighted by Crippen LogP contribution is 2.34. The second-order valence-electron chi connectivity index (χ2n) is 43.7. The van der Waals surface area contributed by atoms with Gasteiger partial charge in [-0.3, -0.25) is 19.6 Å². The summed E-state index contributed by atoms with van der Waals surface area (Å²) in [7, 11) is 12.7. The normalized spacial score (nSPS) is 17.9. The average Bonchev–Trinajstić information content (AvgIpc) is 1.64. The first-order valence-corrected chi connectivity index (χ1v) is 55.2. The number of benzene rings is 8. The van der Waals surface area contributed by atoms with Gasteiger partial charge in [0.2, 0.25) is 0 Å². The number of aryl methyl sites for hydroxylation is 8. The molecule has 11 heterocycles. The van der Waals surface area contributed by atoms with Gasteiger partial charge in [0.1, 0.15) is 23.1 Å². The van der Waals surface area contributed by atoms with Gasteiger partial charge >= 0.3 is 0 Å². The number of nitrogens with zero attached hydrogens (tertiary/aromatic N) is 19. The number of fused-ring (bicyclic) bond motifs is 4. The maximum atomic E-state index is 13.1. The van der Waals surface area contributed by atoms with Crippen LogP contribution in [0.15, 0.2) is 170 Å². The van der Waals surface area contributed by atoms with Gasteiger partial charge in [-0.2, -0.15) is 0 Å². The van der Waals surface area contributed by atoms with E-state index in [4.69, 9.17) is 4.74 Å². The van der Waals surface area contributed by atoms with Crippen molar-refractivity contribution in [2.75, 3.05) is 278 Å². The molecular formula is C122H175F2N19O2. The summed E-state index contributed by atoms with van der Waals surface area (Å²) in [5, 5.41) is 15.2. The van der Waals surface area contributed by atoms with Crippen molar-refractivity contribution >= 4 is 43.6 Å². The molecule has 4 aromatic heterocycles. The summed E-state index contributed by atoms with van der Waals surface area (Å²) in [6.45, 7) is 68.2. The number of aromatic hydroxyl groups is 1. The minimum atomic E-state index is -0.156. The van der Waals surface area contributed by atoms with Gasteiger partial charge in [-0.1, -0.05) is 72.8 Å². The van der Waals surface area contributed by atoms with Crippen LogP contribution in [0.2, 0.25) is 0 Å². The molecule has 1 N–H and O–H groups in total. The molecule has 0 amide bonds. The molecule has 7 aliphatic heterocycles. The van der Waals surface area contributed by atoms with Gasteiger partial charge < -0.3 is 82.0 Å². The number of piperazine rings is 7. The lowest BCUT2D eigenvalue weighted by atomic mass is 10.1. The van der Waals surface area contributed by atoms with Gasteiger partial charge in [0.05, 0.1) is 7.11 Å². The van der Waals surface area contributed by atoms with E-state index in [1.165, 1.54) is 257 Å². The summed E-state index contributed by atoms with van der Waals surface area (Å²) in [4.78, 5) is 38.1. The first-order valence-electron chi connectivity index (χ1n) is 55.2. The summed E-state index contributed by atoms with van der Waals surface area (Å²) in [6.07, 6.45) is 8.94. The Labute approximate surface area is 868 Å². The summed E-state index contributed by atoms with van der Waals surface area (Å²) >= 11 is 0. The zero-order valence-corrected chi connectivity index (χ0v) is 91.0. The van der Waals surface area contributed by atoms with Crippen LogP contribution in [0.1, 0.15) is 115 Å². The summed E-state index contributed by atoms with van der Waals surface area (Å²) in [5.41, 5.74) is 27.8. The van der Waals surface area contributed by atoms with E-state index in [0.717, 1.165) is 221 Å². The van der Waals surface area contributed by atoms with Crippen LogP contribution in [0.3, 0.4) is 0 Å². The molecule has 145 heavy (non-hydrogen) atoms.